The lowest BCUT2D eigenvalue weighted by Gasteiger charge is -2.01. The molecule has 0 aliphatic heterocycles. The Morgan fingerprint density at radius 2 is 2.31 bits per heavy atom. The number of fused-ring (bicyclic) bond motifs is 1. The monoisotopic (exact) mass is 283 g/mol. The molecule has 0 fully saturated rings. The number of carboxylic acids is 1. The number of aromatic nitrogens is 3. The van der Waals surface area contributed by atoms with E-state index >= 15 is 0 Å². The highest BCUT2D eigenvalue weighted by molar-refractivity contribution is 9.10. The van der Waals surface area contributed by atoms with E-state index in [1.54, 1.807) is 13.1 Å². The molecule has 5 nitrogen and oxygen atoms in total. The van der Waals surface area contributed by atoms with Gasteiger partial charge in [0.15, 0.2) is 5.65 Å². The molecule has 0 unspecified atom stereocenters. The highest BCUT2D eigenvalue weighted by Gasteiger charge is 2.18. The van der Waals surface area contributed by atoms with E-state index in [-0.39, 0.29) is 5.56 Å². The van der Waals surface area contributed by atoms with Crippen molar-refractivity contribution in [1.82, 2.24) is 14.6 Å². The van der Waals surface area contributed by atoms with Crippen molar-refractivity contribution in [1.29, 1.82) is 0 Å². The van der Waals surface area contributed by atoms with E-state index in [1.165, 1.54) is 4.52 Å². The molecule has 2 aromatic heterocycles. The summed E-state index contributed by atoms with van der Waals surface area (Å²) in [5.41, 5.74) is 1.86. The molecule has 0 spiro atoms. The van der Waals surface area contributed by atoms with Crippen LogP contribution in [-0.4, -0.2) is 25.7 Å². The zero-order valence-electron chi connectivity index (χ0n) is 8.86. The lowest BCUT2D eigenvalue weighted by atomic mass is 10.2. The summed E-state index contributed by atoms with van der Waals surface area (Å²) in [7, 11) is 0. The van der Waals surface area contributed by atoms with E-state index in [0.717, 1.165) is 16.6 Å². The first-order chi connectivity index (χ1) is 7.54. The number of rotatable bonds is 2. The summed E-state index contributed by atoms with van der Waals surface area (Å²) in [5.74, 6) is -0.996. The normalized spacial score (nSPS) is 10.9. The molecule has 0 saturated carbocycles. The number of carboxylic acid groups (broad SMARTS) is 1. The number of nitrogens with zero attached hydrogens (tertiary/aromatic N) is 3. The summed E-state index contributed by atoms with van der Waals surface area (Å²) in [4.78, 5) is 15.4. The van der Waals surface area contributed by atoms with Gasteiger partial charge in [0.1, 0.15) is 5.56 Å². The molecule has 0 atom stereocenters. The van der Waals surface area contributed by atoms with Gasteiger partial charge in [-0.3, -0.25) is 0 Å². The van der Waals surface area contributed by atoms with Gasteiger partial charge in [0.05, 0.1) is 15.9 Å². The Morgan fingerprint density at radius 3 is 2.88 bits per heavy atom. The fourth-order valence-electron chi connectivity index (χ4n) is 1.59. The number of aryl methyl sites for hydroxylation is 2. The molecule has 0 aliphatic carbocycles. The van der Waals surface area contributed by atoms with Gasteiger partial charge >= 0.3 is 5.97 Å². The number of aromatic carboxylic acids is 1. The Kier molecular flexibility index (Phi) is 2.67. The van der Waals surface area contributed by atoms with Crippen LogP contribution in [0.2, 0.25) is 0 Å². The lowest BCUT2D eigenvalue weighted by molar-refractivity contribution is 0.0698. The Balaban J connectivity index is 2.82. The van der Waals surface area contributed by atoms with Crippen LogP contribution in [-0.2, 0) is 6.42 Å². The quantitative estimate of drug-likeness (QED) is 0.916. The Hall–Kier alpha value is -1.43. The van der Waals surface area contributed by atoms with E-state index < -0.39 is 5.97 Å². The largest absolute Gasteiger partial charge is 0.477 e. The minimum atomic E-state index is -0.996. The Labute approximate surface area is 100 Å². The van der Waals surface area contributed by atoms with Crippen LogP contribution in [0.3, 0.4) is 0 Å². The number of hydrogen-bond acceptors (Lipinski definition) is 3. The summed E-state index contributed by atoms with van der Waals surface area (Å²) in [6.07, 6.45) is 2.47. The molecule has 0 bridgehead atoms. The summed E-state index contributed by atoms with van der Waals surface area (Å²) in [6.45, 7) is 3.63. The average Bonchev–Trinajstić information content (AvgIpc) is 2.51. The van der Waals surface area contributed by atoms with Gasteiger partial charge in [-0.1, -0.05) is 6.92 Å². The van der Waals surface area contributed by atoms with Gasteiger partial charge in [-0.05, 0) is 29.3 Å². The smallest absolute Gasteiger partial charge is 0.341 e. The van der Waals surface area contributed by atoms with Gasteiger partial charge in [0.2, 0.25) is 0 Å². The maximum Gasteiger partial charge on any atom is 0.341 e. The predicted octanol–water partition coefficient (Wildman–Crippen LogP) is 2.06. The second-order valence-electron chi connectivity index (χ2n) is 3.42. The summed E-state index contributed by atoms with van der Waals surface area (Å²) >= 11 is 3.38. The second kappa shape index (κ2) is 3.86. The number of carbonyl (C=O) groups is 1. The van der Waals surface area contributed by atoms with E-state index in [4.69, 9.17) is 5.11 Å². The van der Waals surface area contributed by atoms with Crippen molar-refractivity contribution in [3.63, 3.8) is 0 Å². The minimum Gasteiger partial charge on any atom is -0.477 e. The van der Waals surface area contributed by atoms with Crippen LogP contribution >= 0.6 is 15.9 Å². The van der Waals surface area contributed by atoms with Gasteiger partial charge in [-0.25, -0.2) is 14.3 Å². The first-order valence-corrected chi connectivity index (χ1v) is 5.61. The van der Waals surface area contributed by atoms with Crippen LogP contribution in [0.5, 0.6) is 0 Å². The molecule has 0 aromatic carbocycles. The van der Waals surface area contributed by atoms with Crippen LogP contribution in [0.15, 0.2) is 10.7 Å². The van der Waals surface area contributed by atoms with Crippen LogP contribution in [0.1, 0.15) is 28.7 Å². The molecule has 0 radical (unpaired) electrons. The molecule has 1 N–H and O–H groups in total. The molecule has 2 aromatic rings. The topological polar surface area (TPSA) is 67.5 Å². The third kappa shape index (κ3) is 1.59. The van der Waals surface area contributed by atoms with Gasteiger partial charge in [0, 0.05) is 6.20 Å². The molecule has 84 valence electrons. The van der Waals surface area contributed by atoms with Crippen LogP contribution < -0.4 is 0 Å². The van der Waals surface area contributed by atoms with Crippen LogP contribution in [0, 0.1) is 6.92 Å². The molecule has 6 heteroatoms. The van der Waals surface area contributed by atoms with E-state index in [1.807, 2.05) is 6.92 Å². The highest BCUT2D eigenvalue weighted by Crippen LogP contribution is 2.20. The molecular formula is C10H10BrN3O2. The first kappa shape index (κ1) is 11.1. The van der Waals surface area contributed by atoms with Crippen molar-refractivity contribution < 1.29 is 9.90 Å². The van der Waals surface area contributed by atoms with Gasteiger partial charge < -0.3 is 5.11 Å². The fraction of sp³-hybridized carbons (Fsp3) is 0.300. The maximum absolute atomic E-state index is 11.1. The molecular weight excluding hydrogens is 274 g/mol. The van der Waals surface area contributed by atoms with Crippen molar-refractivity contribution in [3.8, 4) is 0 Å². The van der Waals surface area contributed by atoms with Gasteiger partial charge in [0.25, 0.3) is 0 Å². The average molecular weight is 284 g/mol. The summed E-state index contributed by atoms with van der Waals surface area (Å²) in [5, 5.41) is 13.2. The van der Waals surface area contributed by atoms with Crippen LogP contribution in [0.25, 0.3) is 5.65 Å². The molecule has 0 aliphatic rings. The molecule has 0 amide bonds. The molecule has 2 heterocycles. The maximum atomic E-state index is 11.1. The Bertz CT molecular complexity index is 577. The van der Waals surface area contributed by atoms with Crippen molar-refractivity contribution >= 4 is 27.5 Å². The third-order valence-corrected chi connectivity index (χ3v) is 3.02. The standard InChI is InChI=1S/C10H10BrN3O2/c1-3-7-6(11)4-14-9(12-7)8(10(15)16)5(2)13-14/h4H,3H2,1-2H3,(H,15,16). The van der Waals surface area contributed by atoms with Crippen molar-refractivity contribution in [2.45, 2.75) is 20.3 Å². The molecule has 16 heavy (non-hydrogen) atoms. The van der Waals surface area contributed by atoms with Crippen LogP contribution in [0.4, 0.5) is 0 Å². The summed E-state index contributed by atoms with van der Waals surface area (Å²) in [6, 6.07) is 0. The van der Waals surface area contributed by atoms with Crippen molar-refractivity contribution in [2.24, 2.45) is 0 Å². The molecule has 0 saturated heterocycles. The van der Waals surface area contributed by atoms with Gasteiger partial charge in [-0.2, -0.15) is 5.10 Å². The highest BCUT2D eigenvalue weighted by atomic mass is 79.9. The lowest BCUT2D eigenvalue weighted by Crippen LogP contribution is -2.01. The minimum absolute atomic E-state index is 0.169. The second-order valence-corrected chi connectivity index (χ2v) is 4.28. The number of hydrogen-bond donors (Lipinski definition) is 1. The van der Waals surface area contributed by atoms with E-state index in [9.17, 15) is 4.79 Å². The Morgan fingerprint density at radius 1 is 1.62 bits per heavy atom. The zero-order valence-corrected chi connectivity index (χ0v) is 10.4. The van der Waals surface area contributed by atoms with Gasteiger partial charge in [-0.15, -0.1) is 0 Å². The fourth-order valence-corrected chi connectivity index (χ4v) is 2.16. The molecule has 2 rings (SSSR count). The first-order valence-electron chi connectivity index (χ1n) is 4.82. The van der Waals surface area contributed by atoms with E-state index in [0.29, 0.717) is 11.3 Å². The SMILES string of the molecule is CCc1nc2c(C(=O)O)c(C)nn2cc1Br. The third-order valence-electron chi connectivity index (χ3n) is 2.36. The summed E-state index contributed by atoms with van der Waals surface area (Å²) < 4.78 is 2.32. The van der Waals surface area contributed by atoms with Crippen molar-refractivity contribution in [3.05, 3.63) is 27.6 Å². The zero-order chi connectivity index (χ0) is 11.9. The number of halogens is 1. The predicted molar refractivity (Wildman–Crippen MR) is 61.8 cm³/mol. The van der Waals surface area contributed by atoms with E-state index in [2.05, 4.69) is 26.0 Å². The van der Waals surface area contributed by atoms with Crippen molar-refractivity contribution in [2.75, 3.05) is 0 Å².